The van der Waals surface area contributed by atoms with Crippen LogP contribution < -0.4 is 10.4 Å². The topological polar surface area (TPSA) is 9.23 Å². The first kappa shape index (κ1) is 21.2. The van der Waals surface area contributed by atoms with E-state index in [2.05, 4.69) is 73.7 Å². The summed E-state index contributed by atoms with van der Waals surface area (Å²) in [4.78, 5) is 0. The van der Waals surface area contributed by atoms with Crippen molar-refractivity contribution in [1.29, 1.82) is 0 Å². The van der Waals surface area contributed by atoms with Gasteiger partial charge in [0.25, 0.3) is 0 Å². The highest BCUT2D eigenvalue weighted by Gasteiger charge is 2.31. The highest BCUT2D eigenvalue weighted by atomic mass is 16.5. The first-order valence-corrected chi connectivity index (χ1v) is 12.3. The van der Waals surface area contributed by atoms with E-state index in [9.17, 15) is 0 Å². The number of hydrogen-bond donors (Lipinski definition) is 0. The molecule has 1 atom stereocenters. The van der Waals surface area contributed by atoms with E-state index in [1.54, 1.807) is 22.3 Å². The van der Waals surface area contributed by atoms with Crippen molar-refractivity contribution in [3.05, 3.63) is 105 Å². The molecule has 6 rings (SSSR count). The summed E-state index contributed by atoms with van der Waals surface area (Å²) in [5.74, 6) is 0.637. The lowest BCUT2D eigenvalue weighted by atomic mass is 9.69. The Morgan fingerprint density at radius 1 is 0.875 bits per heavy atom. The van der Waals surface area contributed by atoms with E-state index in [1.165, 1.54) is 47.2 Å². The lowest BCUT2D eigenvalue weighted by Crippen LogP contribution is -2.33. The van der Waals surface area contributed by atoms with Crippen molar-refractivity contribution in [2.45, 2.75) is 51.9 Å². The maximum atomic E-state index is 4.98. The summed E-state index contributed by atoms with van der Waals surface area (Å²) in [6.45, 7) is 3.91. The molecule has 4 aliphatic rings. The molecule has 0 radical (unpaired) electrons. The molecule has 0 bridgehead atoms. The van der Waals surface area contributed by atoms with Crippen molar-refractivity contribution in [3.8, 4) is 0 Å². The van der Waals surface area contributed by atoms with Gasteiger partial charge in [-0.2, -0.15) is 0 Å². The van der Waals surface area contributed by atoms with Crippen LogP contribution in [0.1, 0.15) is 49.7 Å². The first-order chi connectivity index (χ1) is 15.8. The number of benzene rings is 2. The third-order valence-electron chi connectivity index (χ3n) is 7.19. The van der Waals surface area contributed by atoms with E-state index >= 15 is 0 Å². The lowest BCUT2D eigenvalue weighted by molar-refractivity contribution is 0.158. The molecule has 0 spiro atoms. The zero-order chi connectivity index (χ0) is 21.8. The molecule has 0 N–H and O–H groups in total. The second kappa shape index (κ2) is 9.88. The molecule has 3 aliphatic carbocycles. The Balaban J connectivity index is 0.000000314. The minimum atomic E-state index is 0.637. The van der Waals surface area contributed by atoms with Crippen LogP contribution in [0, 0.1) is 12.8 Å². The van der Waals surface area contributed by atoms with Gasteiger partial charge in [-0.3, -0.25) is 0 Å². The number of aryl methyl sites for hydroxylation is 1. The SMILES string of the molecule is C1=CCOCC1.Cc1ccc(CC2CC3=c4ccccc4=CCC3=C3CCCC=C32)cc1. The molecule has 2 aromatic carbocycles. The number of fused-ring (bicyclic) bond motifs is 3. The molecule has 0 aromatic heterocycles. The molecule has 2 aromatic rings. The van der Waals surface area contributed by atoms with Crippen molar-refractivity contribution in [1.82, 2.24) is 0 Å². The minimum absolute atomic E-state index is 0.637. The fourth-order valence-electron chi connectivity index (χ4n) is 5.56. The van der Waals surface area contributed by atoms with Crippen molar-refractivity contribution in [3.63, 3.8) is 0 Å². The van der Waals surface area contributed by atoms with Crippen molar-refractivity contribution in [2.24, 2.45) is 5.92 Å². The number of hydrogen-bond acceptors (Lipinski definition) is 1. The van der Waals surface area contributed by atoms with Crippen LogP contribution in [0.25, 0.3) is 11.6 Å². The molecule has 1 aliphatic heterocycles. The maximum Gasteiger partial charge on any atom is 0.0647 e. The van der Waals surface area contributed by atoms with Crippen LogP contribution in [-0.2, 0) is 11.2 Å². The Morgan fingerprint density at radius 3 is 2.50 bits per heavy atom. The molecule has 0 saturated heterocycles. The van der Waals surface area contributed by atoms with E-state index in [-0.39, 0.29) is 0 Å². The van der Waals surface area contributed by atoms with E-state index < -0.39 is 0 Å². The molecule has 0 fully saturated rings. The summed E-state index contributed by atoms with van der Waals surface area (Å²) in [5.41, 5.74) is 9.46. The molecule has 32 heavy (non-hydrogen) atoms. The Hall–Kier alpha value is -2.64. The third-order valence-corrected chi connectivity index (χ3v) is 7.19. The molecular formula is C31H34O. The van der Waals surface area contributed by atoms with Gasteiger partial charge in [-0.25, -0.2) is 0 Å². The average Bonchev–Trinajstić information content (AvgIpc) is 2.87. The quantitative estimate of drug-likeness (QED) is 0.543. The highest BCUT2D eigenvalue weighted by molar-refractivity contribution is 5.75. The van der Waals surface area contributed by atoms with E-state index in [0.717, 1.165) is 32.5 Å². The highest BCUT2D eigenvalue weighted by Crippen LogP contribution is 2.45. The van der Waals surface area contributed by atoms with Gasteiger partial charge in [0.05, 0.1) is 13.2 Å². The van der Waals surface area contributed by atoms with Crippen LogP contribution in [0.2, 0.25) is 0 Å². The van der Waals surface area contributed by atoms with Crippen LogP contribution in [0.15, 0.2) is 83.5 Å². The monoisotopic (exact) mass is 422 g/mol. The second-order valence-electron chi connectivity index (χ2n) is 9.41. The van der Waals surface area contributed by atoms with Crippen molar-refractivity contribution >= 4 is 11.6 Å². The molecule has 1 nitrogen and oxygen atoms in total. The molecule has 0 amide bonds. The summed E-state index contributed by atoms with van der Waals surface area (Å²) in [5, 5.41) is 2.92. The summed E-state index contributed by atoms with van der Waals surface area (Å²) < 4.78 is 4.98. The number of rotatable bonds is 2. The predicted molar refractivity (Wildman–Crippen MR) is 135 cm³/mol. The Kier molecular flexibility index (Phi) is 6.55. The fourth-order valence-corrected chi connectivity index (χ4v) is 5.56. The van der Waals surface area contributed by atoms with Gasteiger partial charge in [-0.15, -0.1) is 0 Å². The van der Waals surface area contributed by atoms with Crippen LogP contribution in [-0.4, -0.2) is 13.2 Å². The molecule has 0 saturated carbocycles. The van der Waals surface area contributed by atoms with E-state index in [1.807, 2.05) is 6.08 Å². The summed E-state index contributed by atoms with van der Waals surface area (Å²) in [6.07, 6.45) is 17.6. The Morgan fingerprint density at radius 2 is 1.75 bits per heavy atom. The maximum absolute atomic E-state index is 4.98. The van der Waals surface area contributed by atoms with Gasteiger partial charge in [0, 0.05) is 0 Å². The molecule has 1 heteroatoms. The van der Waals surface area contributed by atoms with Gasteiger partial charge in [0.15, 0.2) is 0 Å². The molecule has 1 unspecified atom stereocenters. The number of allylic oxidation sites excluding steroid dienone is 4. The predicted octanol–water partition coefficient (Wildman–Crippen LogP) is 5.96. The Labute approximate surface area is 192 Å². The lowest BCUT2D eigenvalue weighted by Gasteiger charge is -2.36. The van der Waals surface area contributed by atoms with Crippen molar-refractivity contribution < 1.29 is 4.74 Å². The van der Waals surface area contributed by atoms with Gasteiger partial charge >= 0.3 is 0 Å². The summed E-state index contributed by atoms with van der Waals surface area (Å²) >= 11 is 0. The van der Waals surface area contributed by atoms with Crippen LogP contribution in [0.5, 0.6) is 0 Å². The minimum Gasteiger partial charge on any atom is -0.377 e. The zero-order valence-corrected chi connectivity index (χ0v) is 19.3. The normalized spacial score (nSPS) is 21.3. The third kappa shape index (κ3) is 4.59. The van der Waals surface area contributed by atoms with Gasteiger partial charge in [-0.05, 0) is 96.1 Å². The largest absolute Gasteiger partial charge is 0.377 e. The zero-order valence-electron chi connectivity index (χ0n) is 19.3. The Bertz CT molecular complexity index is 1170. The molecule has 164 valence electrons. The van der Waals surface area contributed by atoms with Crippen molar-refractivity contribution in [2.75, 3.05) is 13.2 Å². The molecule has 1 heterocycles. The van der Waals surface area contributed by atoms with E-state index in [4.69, 9.17) is 4.74 Å². The summed E-state index contributed by atoms with van der Waals surface area (Å²) in [6, 6.07) is 18.2. The van der Waals surface area contributed by atoms with Gasteiger partial charge in [0.1, 0.15) is 0 Å². The van der Waals surface area contributed by atoms with Gasteiger partial charge in [0.2, 0.25) is 0 Å². The molecular weight excluding hydrogens is 388 g/mol. The van der Waals surface area contributed by atoms with Gasteiger partial charge < -0.3 is 4.74 Å². The second-order valence-corrected chi connectivity index (χ2v) is 9.41. The standard InChI is InChI=1S/C26H26.C5H8O/c1-18-10-12-19(13-11-18)16-21-17-26-22-7-3-2-6-20(22)14-15-25(26)24-9-5-4-8-23(21)24;1-2-4-6-5-3-1/h2-3,6-8,10-14,21H,4-5,9,15-17H2,1H3;1-2H,3-5H2. The van der Waals surface area contributed by atoms with Gasteiger partial charge in [-0.1, -0.05) is 78.4 Å². The van der Waals surface area contributed by atoms with Crippen LogP contribution in [0.4, 0.5) is 0 Å². The van der Waals surface area contributed by atoms with Crippen LogP contribution >= 0.6 is 0 Å². The fraction of sp³-hybridized carbons (Fsp3) is 0.355. The smallest absolute Gasteiger partial charge is 0.0647 e. The van der Waals surface area contributed by atoms with E-state index in [0.29, 0.717) is 5.92 Å². The average molecular weight is 423 g/mol. The van der Waals surface area contributed by atoms with Crippen LogP contribution in [0.3, 0.4) is 0 Å². The summed E-state index contributed by atoms with van der Waals surface area (Å²) in [7, 11) is 0. The first-order valence-electron chi connectivity index (χ1n) is 12.3. The number of ether oxygens (including phenoxy) is 1.